The number of halogens is 5. The number of carbonyl (C=O) groups excluding carboxylic acids is 2. The lowest BCUT2D eigenvalue weighted by Gasteiger charge is -2.36. The van der Waals surface area contributed by atoms with Crippen LogP contribution in [0.3, 0.4) is 0 Å². The Kier molecular flexibility index (Phi) is 7.95. The average Bonchev–Trinajstić information content (AvgIpc) is 3.23. The first-order valence-corrected chi connectivity index (χ1v) is 13.0. The number of aromatic hydroxyl groups is 1. The lowest BCUT2D eigenvalue weighted by atomic mass is 10.2. The summed E-state index contributed by atoms with van der Waals surface area (Å²) in [6, 6.07) is 2.45. The van der Waals surface area contributed by atoms with Crippen LogP contribution in [-0.4, -0.2) is 73.0 Å². The zero-order valence-corrected chi connectivity index (χ0v) is 23.8. The van der Waals surface area contributed by atoms with Crippen molar-refractivity contribution in [1.29, 1.82) is 0 Å². The lowest BCUT2D eigenvalue weighted by molar-refractivity contribution is -0.137. The van der Waals surface area contributed by atoms with E-state index in [0.29, 0.717) is 6.07 Å². The number of nitrogens with zero attached hydrogens (tertiary/aromatic N) is 6. The minimum atomic E-state index is -4.62. The molecule has 12 nitrogen and oxygen atoms in total. The van der Waals surface area contributed by atoms with Gasteiger partial charge in [0.15, 0.2) is 5.69 Å². The van der Waals surface area contributed by atoms with Crippen molar-refractivity contribution in [2.75, 3.05) is 36.4 Å². The minimum absolute atomic E-state index is 0.0100. The molecule has 0 saturated carbocycles. The molecule has 0 atom stereocenters. The Hall–Kier alpha value is -3.53. The molecule has 0 bridgehead atoms. The molecule has 1 aliphatic heterocycles. The number of hydrogen-bond donors (Lipinski definition) is 2. The van der Waals surface area contributed by atoms with Crippen LogP contribution in [0.25, 0.3) is 5.78 Å². The van der Waals surface area contributed by atoms with E-state index in [-0.39, 0.29) is 53.1 Å². The maximum atomic E-state index is 13.3. The second kappa shape index (κ2) is 10.8. The van der Waals surface area contributed by atoms with Crippen molar-refractivity contribution in [2.45, 2.75) is 39.1 Å². The first-order valence-electron chi connectivity index (χ1n) is 11.8. The predicted molar refractivity (Wildman–Crippen MR) is 142 cm³/mol. The third-order valence-electron chi connectivity index (χ3n) is 5.79. The number of anilines is 2. The Bertz CT molecular complexity index is 1530. The smallest absolute Gasteiger partial charge is 0.416 e. The number of hydrogen-bond acceptors (Lipinski definition) is 8. The van der Waals surface area contributed by atoms with E-state index in [4.69, 9.17) is 16.3 Å². The number of nitrogens with one attached hydrogen (secondary N) is 1. The number of alkyl halides is 3. The van der Waals surface area contributed by atoms with Crippen LogP contribution in [0.4, 0.5) is 29.3 Å². The number of rotatable bonds is 4. The van der Waals surface area contributed by atoms with E-state index in [9.17, 15) is 32.7 Å². The number of piperazine rings is 1. The minimum Gasteiger partial charge on any atom is -0.493 e. The van der Waals surface area contributed by atoms with E-state index in [1.807, 2.05) is 0 Å². The third-order valence-corrected chi connectivity index (χ3v) is 6.44. The molecule has 17 heteroatoms. The number of amides is 2. The van der Waals surface area contributed by atoms with Crippen LogP contribution in [0.1, 0.15) is 26.3 Å². The lowest BCUT2D eigenvalue weighted by Crippen LogP contribution is -2.51. The fraction of sp³-hybridized carbons (Fsp3) is 0.435. The summed E-state index contributed by atoms with van der Waals surface area (Å²) in [6.07, 6.45) is -5.13. The van der Waals surface area contributed by atoms with E-state index < -0.39 is 47.3 Å². The van der Waals surface area contributed by atoms with Gasteiger partial charge in [0.2, 0.25) is 22.3 Å². The summed E-state index contributed by atoms with van der Waals surface area (Å²) in [4.78, 5) is 45.6. The average molecular weight is 651 g/mol. The molecule has 1 aliphatic rings. The van der Waals surface area contributed by atoms with Gasteiger partial charge in [0.1, 0.15) is 12.1 Å². The van der Waals surface area contributed by atoms with Crippen LogP contribution in [-0.2, 0) is 22.3 Å². The number of aromatic nitrogens is 4. The molecule has 1 fully saturated rings. The van der Waals surface area contributed by atoms with E-state index >= 15 is 0 Å². The normalized spacial score (nSPS) is 14.5. The Balaban J connectivity index is 1.60. The van der Waals surface area contributed by atoms with Gasteiger partial charge in [-0.25, -0.2) is 4.79 Å². The Labute approximate surface area is 238 Å². The monoisotopic (exact) mass is 649 g/mol. The highest BCUT2D eigenvalue weighted by Gasteiger charge is 2.32. The largest absolute Gasteiger partial charge is 0.493 e. The highest BCUT2D eigenvalue weighted by Crippen LogP contribution is 2.34. The van der Waals surface area contributed by atoms with E-state index in [1.54, 1.807) is 25.7 Å². The van der Waals surface area contributed by atoms with E-state index in [0.717, 1.165) is 21.2 Å². The molecule has 0 aliphatic carbocycles. The summed E-state index contributed by atoms with van der Waals surface area (Å²) >= 11 is 9.02. The summed E-state index contributed by atoms with van der Waals surface area (Å²) in [5, 5.41) is 17.2. The maximum Gasteiger partial charge on any atom is 0.416 e. The summed E-state index contributed by atoms with van der Waals surface area (Å²) in [5.74, 6) is -1.53. The summed E-state index contributed by atoms with van der Waals surface area (Å²) in [5.41, 5.74) is -2.64. The molecule has 4 rings (SSSR count). The van der Waals surface area contributed by atoms with Crippen molar-refractivity contribution < 1.29 is 32.6 Å². The summed E-state index contributed by atoms with van der Waals surface area (Å²) < 4.78 is 46.2. The molecule has 3 aromatic rings. The number of fused-ring (bicyclic) bond motifs is 1. The third kappa shape index (κ3) is 6.27. The molecule has 1 saturated heterocycles. The van der Waals surface area contributed by atoms with Gasteiger partial charge >= 0.3 is 17.8 Å². The van der Waals surface area contributed by atoms with Gasteiger partial charge in [0.05, 0.1) is 16.3 Å². The Morgan fingerprint density at radius 2 is 1.82 bits per heavy atom. The van der Waals surface area contributed by atoms with Crippen molar-refractivity contribution in [2.24, 2.45) is 0 Å². The highest BCUT2D eigenvalue weighted by molar-refractivity contribution is 9.10. The number of carbonyl (C=O) groups is 2. The van der Waals surface area contributed by atoms with Gasteiger partial charge in [-0.2, -0.15) is 22.7 Å². The van der Waals surface area contributed by atoms with Crippen LogP contribution < -0.4 is 15.8 Å². The van der Waals surface area contributed by atoms with Gasteiger partial charge in [-0.15, -0.1) is 5.10 Å². The van der Waals surface area contributed by atoms with Gasteiger partial charge in [-0.1, -0.05) is 11.6 Å². The standard InChI is InChI=1S/C23H24BrClF3N7O5/c1-22(2,3)40-21(39)33-8-6-32(7-9-33)16-17(37)34(20-30-19(24)31-35(20)18(16)38)11-15(36)29-14-5-4-12(10-13(14)25)23(26,27)28/h4-5,10,37H,6-9,11H2,1-3H3,(H,29,36). The molecule has 2 amide bonds. The zero-order chi connectivity index (χ0) is 29.6. The van der Waals surface area contributed by atoms with Gasteiger partial charge in [-0.05, 0) is 54.9 Å². The van der Waals surface area contributed by atoms with E-state index in [1.165, 1.54) is 4.90 Å². The van der Waals surface area contributed by atoms with Crippen LogP contribution in [0.15, 0.2) is 27.7 Å². The molecule has 1 aromatic carbocycles. The molecule has 3 heterocycles. The zero-order valence-electron chi connectivity index (χ0n) is 21.4. The van der Waals surface area contributed by atoms with Crippen molar-refractivity contribution in [3.8, 4) is 5.88 Å². The van der Waals surface area contributed by atoms with Gasteiger partial charge < -0.3 is 25.0 Å². The fourth-order valence-electron chi connectivity index (χ4n) is 4.00. The van der Waals surface area contributed by atoms with Gasteiger partial charge in [0, 0.05) is 26.2 Å². The molecule has 40 heavy (non-hydrogen) atoms. The van der Waals surface area contributed by atoms with Crippen LogP contribution in [0, 0.1) is 0 Å². The Morgan fingerprint density at radius 3 is 2.40 bits per heavy atom. The van der Waals surface area contributed by atoms with Crippen LogP contribution in [0.2, 0.25) is 5.02 Å². The first kappa shape index (κ1) is 29.5. The van der Waals surface area contributed by atoms with Crippen molar-refractivity contribution in [3.05, 3.63) is 43.9 Å². The highest BCUT2D eigenvalue weighted by atomic mass is 79.9. The summed E-state index contributed by atoms with van der Waals surface area (Å²) in [6.45, 7) is 5.36. The molecule has 0 spiro atoms. The quantitative estimate of drug-likeness (QED) is 0.437. The molecular weight excluding hydrogens is 627 g/mol. The summed E-state index contributed by atoms with van der Waals surface area (Å²) in [7, 11) is 0. The molecule has 0 radical (unpaired) electrons. The predicted octanol–water partition coefficient (Wildman–Crippen LogP) is 3.73. The molecule has 0 unspecified atom stereocenters. The first-order chi connectivity index (χ1) is 18.5. The fourth-order valence-corrected chi connectivity index (χ4v) is 4.54. The number of ether oxygens (including phenoxy) is 1. The Morgan fingerprint density at radius 1 is 1.18 bits per heavy atom. The SMILES string of the molecule is CC(C)(C)OC(=O)N1CCN(c2c(O)n(CC(=O)Nc3ccc(C(F)(F)F)cc3Cl)c3nc(Br)nn3c2=O)CC1. The molecular formula is C23H24BrClF3N7O5. The van der Waals surface area contributed by atoms with Crippen LogP contribution in [0.5, 0.6) is 5.88 Å². The second-order valence-corrected chi connectivity index (χ2v) is 11.0. The number of benzene rings is 1. The van der Waals surface area contributed by atoms with Gasteiger partial charge in [-0.3, -0.25) is 14.2 Å². The molecule has 2 N–H and O–H groups in total. The van der Waals surface area contributed by atoms with Crippen LogP contribution >= 0.6 is 27.5 Å². The molecule has 2 aromatic heterocycles. The molecule has 216 valence electrons. The second-order valence-electron chi connectivity index (χ2n) is 9.85. The van der Waals surface area contributed by atoms with E-state index in [2.05, 4.69) is 31.3 Å². The van der Waals surface area contributed by atoms with Crippen molar-refractivity contribution in [3.63, 3.8) is 0 Å². The van der Waals surface area contributed by atoms with Gasteiger partial charge in [0.25, 0.3) is 0 Å². The topological polar surface area (TPSA) is 134 Å². The van der Waals surface area contributed by atoms with Crippen molar-refractivity contribution >= 4 is 56.7 Å². The van der Waals surface area contributed by atoms with Crippen molar-refractivity contribution in [1.82, 2.24) is 24.1 Å². The maximum absolute atomic E-state index is 13.3.